The Bertz CT molecular complexity index is 887. The molecule has 2 aromatic carbocycles. The number of ether oxygens (including phenoxy) is 2. The van der Waals surface area contributed by atoms with Crippen molar-refractivity contribution in [2.45, 2.75) is 13.2 Å². The van der Waals surface area contributed by atoms with Gasteiger partial charge in [-0.25, -0.2) is 0 Å². The SMILES string of the molecule is COc1cc(CNn2nnnc2N)cc(Br)c1OCc1ccc(Cl)cc1. The number of methoxy groups -OCH3 is 1. The highest BCUT2D eigenvalue weighted by Gasteiger charge is 2.12. The predicted octanol–water partition coefficient (Wildman–Crippen LogP) is 3.00. The lowest BCUT2D eigenvalue weighted by Gasteiger charge is -2.15. The van der Waals surface area contributed by atoms with E-state index >= 15 is 0 Å². The molecule has 0 aliphatic heterocycles. The largest absolute Gasteiger partial charge is 0.493 e. The van der Waals surface area contributed by atoms with Gasteiger partial charge in [0, 0.05) is 5.02 Å². The van der Waals surface area contributed by atoms with Gasteiger partial charge in [0.25, 0.3) is 5.95 Å². The van der Waals surface area contributed by atoms with Crippen LogP contribution < -0.4 is 20.6 Å². The fraction of sp³-hybridized carbons (Fsp3) is 0.188. The summed E-state index contributed by atoms with van der Waals surface area (Å²) >= 11 is 9.43. The average Bonchev–Trinajstić information content (AvgIpc) is 3.05. The van der Waals surface area contributed by atoms with Crippen molar-refractivity contribution in [1.29, 1.82) is 0 Å². The lowest BCUT2D eigenvalue weighted by atomic mass is 10.2. The van der Waals surface area contributed by atoms with Crippen LogP contribution in [0, 0.1) is 0 Å². The molecule has 8 nitrogen and oxygen atoms in total. The molecular weight excluding hydrogens is 424 g/mol. The Hall–Kier alpha value is -2.52. The number of rotatable bonds is 7. The van der Waals surface area contributed by atoms with Crippen LogP contribution in [0.5, 0.6) is 11.5 Å². The third kappa shape index (κ3) is 4.36. The van der Waals surface area contributed by atoms with Crippen molar-refractivity contribution in [2.24, 2.45) is 0 Å². The van der Waals surface area contributed by atoms with E-state index in [1.807, 2.05) is 36.4 Å². The molecule has 3 rings (SSSR count). The Labute approximate surface area is 163 Å². The van der Waals surface area contributed by atoms with Crippen molar-refractivity contribution in [2.75, 3.05) is 18.3 Å². The Morgan fingerprint density at radius 1 is 1.23 bits per heavy atom. The number of nitrogen functional groups attached to an aromatic ring is 1. The standard InChI is InChI=1S/C16H16BrClN6O2/c1-25-14-7-11(8-20-24-16(19)21-22-23-24)6-13(17)15(14)26-9-10-2-4-12(18)5-3-10/h2-7,20H,8-9H2,1H3,(H2,19,21,23). The van der Waals surface area contributed by atoms with Gasteiger partial charge in [0.1, 0.15) is 6.61 Å². The van der Waals surface area contributed by atoms with Gasteiger partial charge >= 0.3 is 0 Å². The van der Waals surface area contributed by atoms with E-state index in [1.165, 1.54) is 4.79 Å². The molecule has 26 heavy (non-hydrogen) atoms. The summed E-state index contributed by atoms with van der Waals surface area (Å²) in [5, 5.41) is 11.5. The molecule has 0 spiro atoms. The fourth-order valence-corrected chi connectivity index (χ4v) is 2.95. The molecular formula is C16H16BrClN6O2. The van der Waals surface area contributed by atoms with Crippen LogP contribution in [0.3, 0.4) is 0 Å². The van der Waals surface area contributed by atoms with Crippen molar-refractivity contribution in [3.8, 4) is 11.5 Å². The van der Waals surface area contributed by atoms with Crippen molar-refractivity contribution in [3.63, 3.8) is 0 Å². The van der Waals surface area contributed by atoms with Crippen LogP contribution in [0.4, 0.5) is 5.95 Å². The normalized spacial score (nSPS) is 10.6. The minimum absolute atomic E-state index is 0.180. The number of tetrazole rings is 1. The molecule has 0 aliphatic carbocycles. The molecule has 3 aromatic rings. The van der Waals surface area contributed by atoms with Gasteiger partial charge in [0.15, 0.2) is 11.5 Å². The van der Waals surface area contributed by atoms with E-state index in [1.54, 1.807) is 7.11 Å². The third-order valence-electron chi connectivity index (χ3n) is 3.51. The van der Waals surface area contributed by atoms with Crippen LogP contribution in [0.25, 0.3) is 0 Å². The summed E-state index contributed by atoms with van der Waals surface area (Å²) in [6, 6.07) is 11.3. The summed E-state index contributed by atoms with van der Waals surface area (Å²) in [6.07, 6.45) is 0. The number of nitrogens with zero attached hydrogens (tertiary/aromatic N) is 4. The minimum Gasteiger partial charge on any atom is -0.493 e. The Balaban J connectivity index is 1.72. The molecule has 0 unspecified atom stereocenters. The number of hydrogen-bond acceptors (Lipinski definition) is 7. The molecule has 136 valence electrons. The molecule has 0 aliphatic rings. The number of nitrogens with two attached hydrogens (primary N) is 1. The average molecular weight is 440 g/mol. The highest BCUT2D eigenvalue weighted by Crippen LogP contribution is 2.37. The van der Waals surface area contributed by atoms with Gasteiger partial charge in [0.05, 0.1) is 18.1 Å². The van der Waals surface area contributed by atoms with Gasteiger partial charge in [-0.15, -0.1) is 4.79 Å². The monoisotopic (exact) mass is 438 g/mol. The molecule has 0 radical (unpaired) electrons. The second-order valence-corrected chi connectivity index (χ2v) is 6.60. The molecule has 10 heteroatoms. The Kier molecular flexibility index (Phi) is 5.79. The first-order chi connectivity index (χ1) is 12.6. The first-order valence-corrected chi connectivity index (χ1v) is 8.75. The minimum atomic E-state index is 0.180. The van der Waals surface area contributed by atoms with Crippen LogP contribution in [-0.4, -0.2) is 27.4 Å². The van der Waals surface area contributed by atoms with Gasteiger partial charge in [-0.3, -0.25) is 0 Å². The number of nitrogens with one attached hydrogen (secondary N) is 1. The highest BCUT2D eigenvalue weighted by molar-refractivity contribution is 9.10. The molecule has 1 heterocycles. The molecule has 3 N–H and O–H groups in total. The van der Waals surface area contributed by atoms with Crippen molar-refractivity contribution in [3.05, 3.63) is 57.0 Å². The van der Waals surface area contributed by atoms with Crippen molar-refractivity contribution in [1.82, 2.24) is 20.3 Å². The quantitative estimate of drug-likeness (QED) is 0.583. The van der Waals surface area contributed by atoms with E-state index in [2.05, 4.69) is 36.9 Å². The summed E-state index contributed by atoms with van der Waals surface area (Å²) in [5.74, 6) is 1.40. The second kappa shape index (κ2) is 8.24. The number of halogens is 2. The summed E-state index contributed by atoms with van der Waals surface area (Å²) < 4.78 is 12.1. The lowest BCUT2D eigenvalue weighted by molar-refractivity contribution is 0.282. The van der Waals surface area contributed by atoms with E-state index in [0.717, 1.165) is 15.6 Å². The van der Waals surface area contributed by atoms with Gasteiger partial charge in [-0.2, -0.15) is 0 Å². The van der Waals surface area contributed by atoms with Gasteiger partial charge in [-0.05, 0) is 61.7 Å². The fourth-order valence-electron chi connectivity index (χ4n) is 2.22. The first kappa shape index (κ1) is 18.3. The first-order valence-electron chi connectivity index (χ1n) is 7.58. The van der Waals surface area contributed by atoms with E-state index in [0.29, 0.717) is 29.7 Å². The molecule has 0 bridgehead atoms. The zero-order valence-corrected chi connectivity index (χ0v) is 16.2. The zero-order chi connectivity index (χ0) is 18.5. The van der Waals surface area contributed by atoms with Crippen LogP contribution in [-0.2, 0) is 13.2 Å². The maximum absolute atomic E-state index is 5.92. The van der Waals surface area contributed by atoms with E-state index in [4.69, 9.17) is 26.8 Å². The molecule has 0 atom stereocenters. The van der Waals surface area contributed by atoms with Crippen molar-refractivity contribution >= 4 is 33.5 Å². The van der Waals surface area contributed by atoms with Crippen LogP contribution in [0.1, 0.15) is 11.1 Å². The number of benzene rings is 2. The highest BCUT2D eigenvalue weighted by atomic mass is 79.9. The maximum atomic E-state index is 5.92. The second-order valence-electron chi connectivity index (χ2n) is 5.31. The van der Waals surface area contributed by atoms with Crippen LogP contribution in [0.2, 0.25) is 5.02 Å². The Morgan fingerprint density at radius 2 is 2.00 bits per heavy atom. The van der Waals surface area contributed by atoms with Crippen molar-refractivity contribution < 1.29 is 9.47 Å². The maximum Gasteiger partial charge on any atom is 0.260 e. The molecule has 0 saturated carbocycles. The molecule has 1 aromatic heterocycles. The summed E-state index contributed by atoms with van der Waals surface area (Å²) in [5.41, 5.74) is 10.6. The third-order valence-corrected chi connectivity index (χ3v) is 4.35. The van der Waals surface area contributed by atoms with E-state index in [9.17, 15) is 0 Å². The molecule has 0 amide bonds. The topological polar surface area (TPSA) is 100 Å². The summed E-state index contributed by atoms with van der Waals surface area (Å²) in [6.45, 7) is 0.840. The van der Waals surface area contributed by atoms with Crippen LogP contribution in [0.15, 0.2) is 40.9 Å². The predicted molar refractivity (Wildman–Crippen MR) is 102 cm³/mol. The van der Waals surface area contributed by atoms with E-state index < -0.39 is 0 Å². The number of anilines is 1. The zero-order valence-electron chi connectivity index (χ0n) is 13.8. The van der Waals surface area contributed by atoms with Gasteiger partial charge < -0.3 is 20.6 Å². The molecule has 0 saturated heterocycles. The lowest BCUT2D eigenvalue weighted by Crippen LogP contribution is -2.18. The Morgan fingerprint density at radius 3 is 2.65 bits per heavy atom. The molecule has 0 fully saturated rings. The number of hydrogen-bond donors (Lipinski definition) is 2. The number of aromatic nitrogens is 4. The van der Waals surface area contributed by atoms with Crippen LogP contribution >= 0.6 is 27.5 Å². The van der Waals surface area contributed by atoms with Gasteiger partial charge in [0.2, 0.25) is 0 Å². The summed E-state index contributed by atoms with van der Waals surface area (Å²) in [4.78, 5) is 1.30. The van der Waals surface area contributed by atoms with E-state index in [-0.39, 0.29) is 5.95 Å². The smallest absolute Gasteiger partial charge is 0.260 e. The summed E-state index contributed by atoms with van der Waals surface area (Å²) in [7, 11) is 1.59. The van der Waals surface area contributed by atoms with Gasteiger partial charge in [-0.1, -0.05) is 28.8 Å².